The maximum absolute atomic E-state index is 10.1. The standard InChI is InChI=1S/C13H25N3O/c1-11(2)7-13(3,17)10-14-6-5-12-8-15-16(4)9-12/h8-9,11,14,17H,5-7,10H2,1-4H3. The molecule has 0 aliphatic heterocycles. The Bertz CT molecular complexity index is 331. The fourth-order valence-corrected chi connectivity index (χ4v) is 2.14. The summed E-state index contributed by atoms with van der Waals surface area (Å²) in [5, 5.41) is 17.5. The van der Waals surface area contributed by atoms with Gasteiger partial charge in [0.1, 0.15) is 0 Å². The molecule has 0 aromatic carbocycles. The lowest BCUT2D eigenvalue weighted by Crippen LogP contribution is -2.39. The lowest BCUT2D eigenvalue weighted by molar-refractivity contribution is 0.0389. The Morgan fingerprint density at radius 3 is 2.76 bits per heavy atom. The summed E-state index contributed by atoms with van der Waals surface area (Å²) in [4.78, 5) is 0. The number of aromatic nitrogens is 2. The van der Waals surface area contributed by atoms with Crippen LogP contribution in [-0.2, 0) is 13.5 Å². The number of aliphatic hydroxyl groups is 1. The molecule has 1 aromatic rings. The first kappa shape index (κ1) is 14.2. The van der Waals surface area contributed by atoms with Crippen LogP contribution in [-0.4, -0.2) is 33.6 Å². The van der Waals surface area contributed by atoms with Crippen molar-refractivity contribution in [2.45, 2.75) is 39.2 Å². The molecular weight excluding hydrogens is 214 g/mol. The monoisotopic (exact) mass is 239 g/mol. The van der Waals surface area contributed by atoms with Crippen LogP contribution in [0.2, 0.25) is 0 Å². The Morgan fingerprint density at radius 1 is 1.53 bits per heavy atom. The van der Waals surface area contributed by atoms with Gasteiger partial charge in [-0.15, -0.1) is 0 Å². The molecule has 0 aliphatic rings. The second kappa shape index (κ2) is 6.17. The average molecular weight is 239 g/mol. The maximum Gasteiger partial charge on any atom is 0.0746 e. The van der Waals surface area contributed by atoms with Crippen molar-refractivity contribution in [2.24, 2.45) is 13.0 Å². The first-order valence-corrected chi connectivity index (χ1v) is 6.30. The van der Waals surface area contributed by atoms with Crippen molar-refractivity contribution in [3.63, 3.8) is 0 Å². The average Bonchev–Trinajstić information content (AvgIpc) is 2.57. The van der Waals surface area contributed by atoms with Crippen LogP contribution in [0.5, 0.6) is 0 Å². The lowest BCUT2D eigenvalue weighted by atomic mass is 9.94. The van der Waals surface area contributed by atoms with E-state index in [1.165, 1.54) is 5.56 Å². The van der Waals surface area contributed by atoms with Gasteiger partial charge in [-0.1, -0.05) is 13.8 Å². The van der Waals surface area contributed by atoms with Crippen LogP contribution in [0.4, 0.5) is 0 Å². The Kier molecular flexibility index (Phi) is 5.15. The van der Waals surface area contributed by atoms with Gasteiger partial charge in [0.2, 0.25) is 0 Å². The van der Waals surface area contributed by atoms with Crippen LogP contribution in [0.15, 0.2) is 12.4 Å². The molecule has 0 spiro atoms. The van der Waals surface area contributed by atoms with Gasteiger partial charge in [0.05, 0.1) is 11.8 Å². The van der Waals surface area contributed by atoms with Crippen molar-refractivity contribution in [3.05, 3.63) is 18.0 Å². The summed E-state index contributed by atoms with van der Waals surface area (Å²) in [7, 11) is 1.92. The molecule has 0 amide bonds. The molecule has 2 N–H and O–H groups in total. The van der Waals surface area contributed by atoms with Gasteiger partial charge >= 0.3 is 0 Å². The summed E-state index contributed by atoms with van der Waals surface area (Å²) in [6.45, 7) is 7.67. The summed E-state index contributed by atoms with van der Waals surface area (Å²) in [6, 6.07) is 0. The smallest absolute Gasteiger partial charge is 0.0746 e. The lowest BCUT2D eigenvalue weighted by Gasteiger charge is -2.25. The van der Waals surface area contributed by atoms with Crippen LogP contribution in [0.1, 0.15) is 32.8 Å². The first-order chi connectivity index (χ1) is 7.89. The van der Waals surface area contributed by atoms with Crippen LogP contribution >= 0.6 is 0 Å². The Balaban J connectivity index is 2.19. The number of hydrogen-bond donors (Lipinski definition) is 2. The molecule has 0 saturated heterocycles. The molecule has 1 aromatic heterocycles. The van der Waals surface area contributed by atoms with E-state index in [4.69, 9.17) is 0 Å². The maximum atomic E-state index is 10.1. The van der Waals surface area contributed by atoms with Gasteiger partial charge in [-0.25, -0.2) is 0 Å². The summed E-state index contributed by atoms with van der Waals surface area (Å²) in [5.74, 6) is 0.519. The third-order valence-corrected chi connectivity index (χ3v) is 2.70. The number of nitrogens with one attached hydrogen (secondary N) is 1. The number of hydrogen-bond acceptors (Lipinski definition) is 3. The van der Waals surface area contributed by atoms with Crippen LogP contribution in [0.25, 0.3) is 0 Å². The highest BCUT2D eigenvalue weighted by atomic mass is 16.3. The zero-order valence-corrected chi connectivity index (χ0v) is 11.4. The zero-order chi connectivity index (χ0) is 12.9. The summed E-state index contributed by atoms with van der Waals surface area (Å²) >= 11 is 0. The summed E-state index contributed by atoms with van der Waals surface area (Å²) in [5.41, 5.74) is 0.617. The van der Waals surface area contributed by atoms with E-state index in [9.17, 15) is 5.11 Å². The Hall–Kier alpha value is -0.870. The molecule has 4 nitrogen and oxygen atoms in total. The van der Waals surface area contributed by atoms with Crippen molar-refractivity contribution >= 4 is 0 Å². The van der Waals surface area contributed by atoms with Crippen LogP contribution in [0.3, 0.4) is 0 Å². The van der Waals surface area contributed by atoms with Crippen molar-refractivity contribution in [1.29, 1.82) is 0 Å². The van der Waals surface area contributed by atoms with Gasteiger partial charge < -0.3 is 10.4 Å². The molecule has 1 unspecified atom stereocenters. The second-order valence-corrected chi connectivity index (χ2v) is 5.54. The Labute approximate surface area is 104 Å². The molecule has 1 rings (SSSR count). The summed E-state index contributed by atoms with van der Waals surface area (Å²) in [6.07, 6.45) is 5.68. The minimum absolute atomic E-state index is 0.519. The first-order valence-electron chi connectivity index (χ1n) is 6.30. The fourth-order valence-electron chi connectivity index (χ4n) is 2.14. The molecule has 0 fully saturated rings. The van der Waals surface area contributed by atoms with E-state index in [1.54, 1.807) is 0 Å². The number of rotatable bonds is 7. The van der Waals surface area contributed by atoms with Gasteiger partial charge in [0.25, 0.3) is 0 Å². The van der Waals surface area contributed by atoms with Gasteiger partial charge in [0.15, 0.2) is 0 Å². The molecule has 0 radical (unpaired) electrons. The fraction of sp³-hybridized carbons (Fsp3) is 0.769. The molecule has 4 heteroatoms. The quantitative estimate of drug-likeness (QED) is 0.706. The van der Waals surface area contributed by atoms with E-state index in [-0.39, 0.29) is 0 Å². The molecule has 1 heterocycles. The van der Waals surface area contributed by atoms with E-state index in [0.717, 1.165) is 19.4 Å². The third-order valence-electron chi connectivity index (χ3n) is 2.70. The molecular formula is C13H25N3O. The van der Waals surface area contributed by atoms with Crippen molar-refractivity contribution < 1.29 is 5.11 Å². The van der Waals surface area contributed by atoms with Crippen molar-refractivity contribution in [2.75, 3.05) is 13.1 Å². The normalized spacial score (nSPS) is 15.2. The van der Waals surface area contributed by atoms with E-state index in [2.05, 4.69) is 24.3 Å². The number of nitrogens with zero attached hydrogens (tertiary/aromatic N) is 2. The highest BCUT2D eigenvalue weighted by Crippen LogP contribution is 2.14. The van der Waals surface area contributed by atoms with Gasteiger partial charge in [0, 0.05) is 19.8 Å². The predicted molar refractivity (Wildman–Crippen MR) is 69.9 cm³/mol. The minimum atomic E-state index is -0.608. The highest BCUT2D eigenvalue weighted by molar-refractivity contribution is 5.03. The van der Waals surface area contributed by atoms with Gasteiger partial charge in [-0.05, 0) is 37.8 Å². The Morgan fingerprint density at radius 2 is 2.24 bits per heavy atom. The largest absolute Gasteiger partial charge is 0.389 e. The topological polar surface area (TPSA) is 50.1 Å². The molecule has 17 heavy (non-hydrogen) atoms. The molecule has 98 valence electrons. The minimum Gasteiger partial charge on any atom is -0.389 e. The SMILES string of the molecule is CC(C)CC(C)(O)CNCCc1cnn(C)c1. The van der Waals surface area contributed by atoms with Crippen LogP contribution in [0, 0.1) is 5.92 Å². The van der Waals surface area contributed by atoms with E-state index >= 15 is 0 Å². The highest BCUT2D eigenvalue weighted by Gasteiger charge is 2.20. The zero-order valence-electron chi connectivity index (χ0n) is 11.4. The molecule has 0 bridgehead atoms. The van der Waals surface area contributed by atoms with Crippen LogP contribution < -0.4 is 5.32 Å². The third kappa shape index (κ3) is 5.84. The summed E-state index contributed by atoms with van der Waals surface area (Å²) < 4.78 is 1.81. The molecule has 0 aliphatic carbocycles. The van der Waals surface area contributed by atoms with E-state index < -0.39 is 5.60 Å². The molecule has 0 saturated carbocycles. The van der Waals surface area contributed by atoms with Gasteiger partial charge in [-0.3, -0.25) is 4.68 Å². The van der Waals surface area contributed by atoms with Crippen molar-refractivity contribution in [3.8, 4) is 0 Å². The second-order valence-electron chi connectivity index (χ2n) is 5.54. The van der Waals surface area contributed by atoms with E-state index in [1.807, 2.05) is 31.0 Å². The predicted octanol–water partition coefficient (Wildman–Crippen LogP) is 1.35. The van der Waals surface area contributed by atoms with Gasteiger partial charge in [-0.2, -0.15) is 5.10 Å². The molecule has 1 atom stereocenters. The van der Waals surface area contributed by atoms with Crippen molar-refractivity contribution in [1.82, 2.24) is 15.1 Å². The number of aryl methyl sites for hydroxylation is 1. The van der Waals surface area contributed by atoms with E-state index in [0.29, 0.717) is 12.5 Å².